The number of ether oxygens (including phenoxy) is 1. The van der Waals surface area contributed by atoms with E-state index in [0.717, 1.165) is 0 Å². The third kappa shape index (κ3) is 2.68. The van der Waals surface area contributed by atoms with Gasteiger partial charge in [-0.2, -0.15) is 0 Å². The molecule has 1 spiro atoms. The summed E-state index contributed by atoms with van der Waals surface area (Å²) in [4.78, 5) is 2.00. The Morgan fingerprint density at radius 1 is 1.27 bits per heavy atom. The second-order valence-electron chi connectivity index (χ2n) is 6.98. The van der Waals surface area contributed by atoms with E-state index >= 15 is 0 Å². The van der Waals surface area contributed by atoms with Gasteiger partial charge in [0.25, 0.3) is 5.92 Å². The molecule has 0 amide bonds. The molecule has 0 radical (unpaired) electrons. The second kappa shape index (κ2) is 5.11. The van der Waals surface area contributed by atoms with Gasteiger partial charge < -0.3 is 9.64 Å². The molecule has 1 saturated heterocycles. The van der Waals surface area contributed by atoms with Gasteiger partial charge in [-0.3, -0.25) is 0 Å². The van der Waals surface area contributed by atoms with Gasteiger partial charge in [0, 0.05) is 31.5 Å². The van der Waals surface area contributed by atoms with Crippen LogP contribution in [0.4, 0.5) is 14.7 Å². The minimum Gasteiger partial charge on any atom is -0.374 e. The zero-order chi connectivity index (χ0) is 16.0. The number of nitrogens with zero attached hydrogens (tertiary/aromatic N) is 5. The van der Waals surface area contributed by atoms with Gasteiger partial charge in [-0.25, -0.2) is 13.5 Å². The van der Waals surface area contributed by atoms with Crippen molar-refractivity contribution in [1.29, 1.82) is 0 Å². The molecule has 1 saturated carbocycles. The van der Waals surface area contributed by atoms with Crippen LogP contribution in [0.1, 0.15) is 40.0 Å². The monoisotopic (exact) mass is 315 g/mol. The summed E-state index contributed by atoms with van der Waals surface area (Å²) in [7, 11) is 0. The summed E-state index contributed by atoms with van der Waals surface area (Å²) in [6.45, 7) is 8.21. The van der Waals surface area contributed by atoms with Crippen LogP contribution >= 0.6 is 0 Å². The molecule has 3 rings (SSSR count). The fourth-order valence-corrected chi connectivity index (χ4v) is 3.38. The number of anilines is 1. The second-order valence-corrected chi connectivity index (χ2v) is 6.98. The van der Waals surface area contributed by atoms with Gasteiger partial charge in [-0.1, -0.05) is 5.10 Å². The molecule has 22 heavy (non-hydrogen) atoms. The van der Waals surface area contributed by atoms with Crippen LogP contribution in [0.25, 0.3) is 0 Å². The van der Waals surface area contributed by atoms with Crippen LogP contribution in [0, 0.1) is 5.41 Å². The number of hydrogen-bond acceptors (Lipinski definition) is 5. The SMILES string of the molecule is CCOC(C)(C)Cn1nnnc1N1CCC2(CC1)CC2(F)F. The molecule has 8 heteroatoms. The fourth-order valence-electron chi connectivity index (χ4n) is 3.38. The van der Waals surface area contributed by atoms with Gasteiger partial charge in [0.05, 0.1) is 12.1 Å². The van der Waals surface area contributed by atoms with E-state index < -0.39 is 11.3 Å². The van der Waals surface area contributed by atoms with Crippen molar-refractivity contribution >= 4 is 5.95 Å². The Labute approximate surface area is 128 Å². The number of halogens is 2. The van der Waals surface area contributed by atoms with Crippen molar-refractivity contribution in [2.75, 3.05) is 24.6 Å². The molecule has 0 unspecified atom stereocenters. The summed E-state index contributed by atoms with van der Waals surface area (Å²) in [5, 5.41) is 11.8. The number of tetrazole rings is 1. The van der Waals surface area contributed by atoms with Crippen molar-refractivity contribution in [3.63, 3.8) is 0 Å². The molecular weight excluding hydrogens is 292 g/mol. The van der Waals surface area contributed by atoms with Crippen LogP contribution < -0.4 is 4.90 Å². The quantitative estimate of drug-likeness (QED) is 0.833. The first-order valence-corrected chi connectivity index (χ1v) is 7.82. The standard InChI is InChI=1S/C14H23F2N5O/c1-4-22-12(2,3)10-21-11(17-18-19-21)20-7-5-13(6-8-20)9-14(13,15)16/h4-10H2,1-3H3. The highest BCUT2D eigenvalue weighted by atomic mass is 19.3. The van der Waals surface area contributed by atoms with E-state index in [-0.39, 0.29) is 12.0 Å². The van der Waals surface area contributed by atoms with Gasteiger partial charge in [0.1, 0.15) is 0 Å². The van der Waals surface area contributed by atoms with Crippen molar-refractivity contribution < 1.29 is 13.5 Å². The van der Waals surface area contributed by atoms with Gasteiger partial charge in [0.15, 0.2) is 0 Å². The Hall–Kier alpha value is -1.31. The molecule has 0 bridgehead atoms. The molecule has 124 valence electrons. The largest absolute Gasteiger partial charge is 0.374 e. The van der Waals surface area contributed by atoms with Crippen molar-refractivity contribution in [2.24, 2.45) is 5.41 Å². The van der Waals surface area contributed by atoms with Crippen LogP contribution in [-0.4, -0.2) is 51.4 Å². The molecule has 0 aromatic carbocycles. The molecule has 1 aromatic heterocycles. The van der Waals surface area contributed by atoms with Crippen molar-refractivity contribution in [3.8, 4) is 0 Å². The molecule has 1 aliphatic carbocycles. The van der Waals surface area contributed by atoms with Crippen molar-refractivity contribution in [3.05, 3.63) is 0 Å². The Kier molecular flexibility index (Phi) is 3.62. The normalized spacial score (nSPS) is 23.0. The number of alkyl halides is 2. The predicted octanol–water partition coefficient (Wildman–Crippen LogP) is 2.11. The number of aromatic nitrogens is 4. The third-order valence-electron chi connectivity index (χ3n) is 4.79. The Balaban J connectivity index is 1.66. The fraction of sp³-hybridized carbons (Fsp3) is 0.929. The minimum absolute atomic E-state index is 0.0378. The summed E-state index contributed by atoms with van der Waals surface area (Å²) in [5.41, 5.74) is -1.13. The van der Waals surface area contributed by atoms with Crippen LogP contribution in [-0.2, 0) is 11.3 Å². The van der Waals surface area contributed by atoms with Gasteiger partial charge in [-0.15, -0.1) is 0 Å². The van der Waals surface area contributed by atoms with E-state index in [1.807, 2.05) is 25.7 Å². The van der Waals surface area contributed by atoms with Crippen LogP contribution in [0.15, 0.2) is 0 Å². The highest BCUT2D eigenvalue weighted by molar-refractivity contribution is 5.31. The third-order valence-corrected chi connectivity index (χ3v) is 4.79. The van der Waals surface area contributed by atoms with E-state index in [2.05, 4.69) is 15.5 Å². The van der Waals surface area contributed by atoms with Crippen LogP contribution in [0.3, 0.4) is 0 Å². The van der Waals surface area contributed by atoms with Gasteiger partial charge in [-0.05, 0) is 44.0 Å². The summed E-state index contributed by atoms with van der Waals surface area (Å²) >= 11 is 0. The lowest BCUT2D eigenvalue weighted by Crippen LogP contribution is -2.39. The number of rotatable bonds is 5. The number of hydrogen-bond donors (Lipinski definition) is 0. The maximum atomic E-state index is 13.4. The Morgan fingerprint density at radius 3 is 2.45 bits per heavy atom. The molecular formula is C14H23F2N5O. The van der Waals surface area contributed by atoms with Crippen molar-refractivity contribution in [2.45, 2.75) is 58.1 Å². The maximum Gasteiger partial charge on any atom is 0.254 e. The summed E-state index contributed by atoms with van der Waals surface area (Å²) < 4.78 is 34.3. The topological polar surface area (TPSA) is 56.1 Å². The van der Waals surface area contributed by atoms with Crippen LogP contribution in [0.5, 0.6) is 0 Å². The lowest BCUT2D eigenvalue weighted by atomic mass is 9.93. The molecule has 2 aliphatic rings. The first-order valence-electron chi connectivity index (χ1n) is 7.82. The average Bonchev–Trinajstić information content (AvgIpc) is 2.76. The zero-order valence-corrected chi connectivity index (χ0v) is 13.3. The van der Waals surface area contributed by atoms with E-state index in [1.54, 1.807) is 4.68 Å². The predicted molar refractivity (Wildman–Crippen MR) is 77.0 cm³/mol. The lowest BCUT2D eigenvalue weighted by Gasteiger charge is -2.33. The molecule has 2 fully saturated rings. The van der Waals surface area contributed by atoms with Gasteiger partial charge in [0.2, 0.25) is 5.95 Å². The molecule has 0 N–H and O–H groups in total. The van der Waals surface area contributed by atoms with E-state index in [9.17, 15) is 8.78 Å². The van der Waals surface area contributed by atoms with Crippen LogP contribution in [0.2, 0.25) is 0 Å². The minimum atomic E-state index is -2.47. The molecule has 1 aromatic rings. The van der Waals surface area contributed by atoms with E-state index in [1.165, 1.54) is 0 Å². The molecule has 0 atom stereocenters. The highest BCUT2D eigenvalue weighted by Crippen LogP contribution is 2.65. The first kappa shape index (κ1) is 15.6. The highest BCUT2D eigenvalue weighted by Gasteiger charge is 2.70. The number of piperidine rings is 1. The molecule has 1 aliphatic heterocycles. The molecule has 2 heterocycles. The van der Waals surface area contributed by atoms with Gasteiger partial charge >= 0.3 is 0 Å². The Bertz CT molecular complexity index is 537. The average molecular weight is 315 g/mol. The summed E-state index contributed by atoms with van der Waals surface area (Å²) in [6, 6.07) is 0. The smallest absolute Gasteiger partial charge is 0.254 e. The van der Waals surface area contributed by atoms with E-state index in [4.69, 9.17) is 4.74 Å². The summed E-state index contributed by atoms with van der Waals surface area (Å²) in [5.74, 6) is -1.83. The lowest BCUT2D eigenvalue weighted by molar-refractivity contribution is -0.0248. The Morgan fingerprint density at radius 2 is 1.91 bits per heavy atom. The molecule has 6 nitrogen and oxygen atoms in total. The van der Waals surface area contributed by atoms with Crippen molar-refractivity contribution in [1.82, 2.24) is 20.2 Å². The van der Waals surface area contributed by atoms with E-state index in [0.29, 0.717) is 45.0 Å². The first-order chi connectivity index (χ1) is 10.3. The zero-order valence-electron chi connectivity index (χ0n) is 13.3. The maximum absolute atomic E-state index is 13.4. The summed E-state index contributed by atoms with van der Waals surface area (Å²) in [6.07, 6.45) is 1.04.